The highest BCUT2D eigenvalue weighted by Crippen LogP contribution is 2.07. The van der Waals surface area contributed by atoms with Crippen molar-refractivity contribution in [3.05, 3.63) is 0 Å². The topological polar surface area (TPSA) is 180 Å². The molecule has 0 aliphatic carbocycles. The third-order valence-corrected chi connectivity index (χ3v) is 4.23. The Balaban J connectivity index is 4.49. The highest BCUT2D eigenvalue weighted by molar-refractivity contribution is 5.87. The van der Waals surface area contributed by atoms with Gasteiger partial charge >= 0.3 is 6.09 Å². The number of primary amides is 1. The molecule has 0 aliphatic heterocycles. The number of unbranched alkanes of at least 4 members (excludes halogenated alkanes) is 5. The fraction of sp³-hybridized carbons (Fsp3) is 0.833. The summed E-state index contributed by atoms with van der Waals surface area (Å²) in [6.45, 7) is 1.74. The quantitative estimate of drug-likeness (QED) is 0.201. The van der Waals surface area contributed by atoms with Gasteiger partial charge < -0.3 is 37.9 Å². The first kappa shape index (κ1) is 26.1. The fourth-order valence-corrected chi connectivity index (χ4v) is 2.68. The van der Waals surface area contributed by atoms with E-state index in [-0.39, 0.29) is 31.5 Å². The van der Waals surface area contributed by atoms with E-state index in [9.17, 15) is 14.4 Å². The van der Waals surface area contributed by atoms with Crippen molar-refractivity contribution in [3.63, 3.8) is 0 Å². The van der Waals surface area contributed by atoms with E-state index in [0.717, 1.165) is 44.9 Å². The molecule has 0 bridgehead atoms. The highest BCUT2D eigenvalue weighted by atomic mass is 16.5. The largest absolute Gasteiger partial charge is 0.448 e. The van der Waals surface area contributed by atoms with Crippen LogP contribution in [0.1, 0.15) is 51.4 Å². The van der Waals surface area contributed by atoms with E-state index in [1.807, 2.05) is 0 Å². The number of carbonyl (C=O) groups excluding carboxylic acids is 3. The minimum absolute atomic E-state index is 0.0191. The third-order valence-electron chi connectivity index (χ3n) is 4.23. The standard InChI is InChI=1S/C18H38N6O4/c19-9-5-2-1-3-7-12-24(17(26)15(21)8-4-6-10-20)14-16(25)23-11-13-28-18(22)27/h15H,1-14,19-21H2,(H2,22,27)(H,23,25). The summed E-state index contributed by atoms with van der Waals surface area (Å²) in [5.74, 6) is -0.568. The molecule has 0 aromatic carbocycles. The molecule has 0 aromatic rings. The highest BCUT2D eigenvalue weighted by Gasteiger charge is 2.22. The molecule has 3 amide bonds. The van der Waals surface area contributed by atoms with E-state index in [4.69, 9.17) is 22.9 Å². The summed E-state index contributed by atoms with van der Waals surface area (Å²) < 4.78 is 4.55. The maximum atomic E-state index is 12.6. The molecule has 0 rings (SSSR count). The molecule has 0 saturated carbocycles. The maximum Gasteiger partial charge on any atom is 0.404 e. The predicted molar refractivity (Wildman–Crippen MR) is 108 cm³/mol. The minimum Gasteiger partial charge on any atom is -0.448 e. The first-order chi connectivity index (χ1) is 13.4. The Kier molecular flexibility index (Phi) is 16.0. The molecule has 10 nitrogen and oxygen atoms in total. The molecule has 164 valence electrons. The van der Waals surface area contributed by atoms with Crippen LogP contribution in [0.4, 0.5) is 4.79 Å². The summed E-state index contributed by atoms with van der Waals surface area (Å²) in [4.78, 5) is 36.8. The molecule has 0 aromatic heterocycles. The predicted octanol–water partition coefficient (Wildman–Crippen LogP) is -0.608. The molecule has 0 saturated heterocycles. The van der Waals surface area contributed by atoms with Gasteiger partial charge in [-0.25, -0.2) is 4.79 Å². The van der Waals surface area contributed by atoms with Crippen molar-refractivity contribution in [2.75, 3.05) is 39.3 Å². The monoisotopic (exact) mass is 402 g/mol. The number of rotatable bonds is 17. The number of hydrogen-bond acceptors (Lipinski definition) is 7. The molecule has 0 radical (unpaired) electrons. The van der Waals surface area contributed by atoms with Gasteiger partial charge in [-0.05, 0) is 38.8 Å². The van der Waals surface area contributed by atoms with Gasteiger partial charge in [0.2, 0.25) is 11.8 Å². The molecular weight excluding hydrogens is 364 g/mol. The summed E-state index contributed by atoms with van der Waals surface area (Å²) in [7, 11) is 0. The van der Waals surface area contributed by atoms with Gasteiger partial charge in [-0.1, -0.05) is 25.7 Å². The van der Waals surface area contributed by atoms with Crippen molar-refractivity contribution in [1.29, 1.82) is 0 Å². The minimum atomic E-state index is -0.899. The number of amides is 3. The lowest BCUT2D eigenvalue weighted by molar-refractivity contribution is -0.137. The van der Waals surface area contributed by atoms with Crippen LogP contribution in [0.2, 0.25) is 0 Å². The van der Waals surface area contributed by atoms with Gasteiger partial charge in [-0.15, -0.1) is 0 Å². The number of carbonyl (C=O) groups is 3. The van der Waals surface area contributed by atoms with Crippen LogP contribution in [0.25, 0.3) is 0 Å². The Hall–Kier alpha value is -1.91. The van der Waals surface area contributed by atoms with Crippen LogP contribution in [-0.4, -0.2) is 68.2 Å². The van der Waals surface area contributed by atoms with E-state index in [1.165, 1.54) is 4.90 Å². The van der Waals surface area contributed by atoms with Crippen molar-refractivity contribution in [2.24, 2.45) is 22.9 Å². The van der Waals surface area contributed by atoms with Gasteiger partial charge in [0.1, 0.15) is 6.61 Å². The summed E-state index contributed by atoms with van der Waals surface area (Å²) in [5, 5.41) is 2.60. The summed E-state index contributed by atoms with van der Waals surface area (Å²) >= 11 is 0. The average molecular weight is 403 g/mol. The summed E-state index contributed by atoms with van der Waals surface area (Å²) in [5.41, 5.74) is 21.8. The van der Waals surface area contributed by atoms with Crippen LogP contribution < -0.4 is 28.3 Å². The Labute approximate surface area is 167 Å². The van der Waals surface area contributed by atoms with Gasteiger partial charge in [-0.3, -0.25) is 9.59 Å². The molecule has 10 heteroatoms. The second-order valence-corrected chi connectivity index (χ2v) is 6.72. The van der Waals surface area contributed by atoms with Crippen LogP contribution in [0.15, 0.2) is 0 Å². The SMILES string of the molecule is NCCCCCCCN(CC(=O)NCCOC(N)=O)C(=O)C(N)CCCCN. The maximum absolute atomic E-state index is 12.6. The lowest BCUT2D eigenvalue weighted by atomic mass is 10.1. The van der Waals surface area contributed by atoms with Crippen LogP contribution in [0.5, 0.6) is 0 Å². The Morgan fingerprint density at radius 2 is 1.54 bits per heavy atom. The van der Waals surface area contributed by atoms with Crippen molar-refractivity contribution in [3.8, 4) is 0 Å². The Morgan fingerprint density at radius 1 is 0.929 bits per heavy atom. The van der Waals surface area contributed by atoms with E-state index in [2.05, 4.69) is 10.1 Å². The zero-order valence-corrected chi connectivity index (χ0v) is 16.9. The molecular formula is C18H38N6O4. The fourth-order valence-electron chi connectivity index (χ4n) is 2.68. The molecule has 0 heterocycles. The van der Waals surface area contributed by atoms with Crippen LogP contribution >= 0.6 is 0 Å². The number of nitrogens with zero attached hydrogens (tertiary/aromatic N) is 1. The first-order valence-electron chi connectivity index (χ1n) is 10.1. The molecule has 1 unspecified atom stereocenters. The van der Waals surface area contributed by atoms with E-state index >= 15 is 0 Å². The number of hydrogen-bond donors (Lipinski definition) is 5. The Bertz CT molecular complexity index is 450. The second-order valence-electron chi connectivity index (χ2n) is 6.72. The van der Waals surface area contributed by atoms with Gasteiger partial charge in [0, 0.05) is 6.54 Å². The zero-order valence-electron chi connectivity index (χ0n) is 16.9. The third kappa shape index (κ3) is 14.2. The van der Waals surface area contributed by atoms with Gasteiger partial charge in [0.25, 0.3) is 0 Å². The van der Waals surface area contributed by atoms with Crippen LogP contribution in [0, 0.1) is 0 Å². The average Bonchev–Trinajstić information content (AvgIpc) is 2.66. The molecule has 28 heavy (non-hydrogen) atoms. The normalized spacial score (nSPS) is 11.7. The van der Waals surface area contributed by atoms with E-state index in [1.54, 1.807) is 0 Å². The van der Waals surface area contributed by atoms with E-state index in [0.29, 0.717) is 26.1 Å². The zero-order chi connectivity index (χ0) is 21.2. The second kappa shape index (κ2) is 17.2. The molecule has 1 atom stereocenters. The van der Waals surface area contributed by atoms with Crippen molar-refractivity contribution < 1.29 is 19.1 Å². The smallest absolute Gasteiger partial charge is 0.404 e. The van der Waals surface area contributed by atoms with Crippen molar-refractivity contribution in [2.45, 2.75) is 57.4 Å². The van der Waals surface area contributed by atoms with E-state index < -0.39 is 12.1 Å². The molecule has 0 aliphatic rings. The number of nitrogens with two attached hydrogens (primary N) is 4. The Morgan fingerprint density at radius 3 is 2.18 bits per heavy atom. The lowest BCUT2D eigenvalue weighted by Gasteiger charge is -2.25. The van der Waals surface area contributed by atoms with Gasteiger partial charge in [-0.2, -0.15) is 0 Å². The number of nitrogens with one attached hydrogen (secondary N) is 1. The van der Waals surface area contributed by atoms with Gasteiger partial charge in [0.15, 0.2) is 0 Å². The van der Waals surface area contributed by atoms with Crippen molar-refractivity contribution >= 4 is 17.9 Å². The summed E-state index contributed by atoms with van der Waals surface area (Å²) in [6, 6.07) is -0.644. The first-order valence-corrected chi connectivity index (χ1v) is 10.1. The molecule has 0 fully saturated rings. The van der Waals surface area contributed by atoms with Crippen molar-refractivity contribution in [1.82, 2.24) is 10.2 Å². The molecule has 9 N–H and O–H groups in total. The van der Waals surface area contributed by atoms with Gasteiger partial charge in [0.05, 0.1) is 19.1 Å². The lowest BCUT2D eigenvalue weighted by Crippen LogP contribution is -2.48. The summed E-state index contributed by atoms with van der Waals surface area (Å²) in [6.07, 6.45) is 6.06. The number of ether oxygens (including phenoxy) is 1. The van der Waals surface area contributed by atoms with Crippen LogP contribution in [0.3, 0.4) is 0 Å². The molecule has 0 spiro atoms. The van der Waals surface area contributed by atoms with Crippen LogP contribution in [-0.2, 0) is 14.3 Å².